The van der Waals surface area contributed by atoms with Crippen molar-refractivity contribution in [1.82, 2.24) is 4.98 Å². The molecule has 2 aliphatic heterocycles. The first-order valence-corrected chi connectivity index (χ1v) is 5.63. The van der Waals surface area contributed by atoms with Crippen molar-refractivity contribution >= 4 is 18.2 Å². The van der Waals surface area contributed by atoms with Crippen molar-refractivity contribution in [2.75, 3.05) is 7.11 Å². The van der Waals surface area contributed by atoms with Crippen LogP contribution in [0.5, 0.6) is 5.88 Å². The number of ether oxygens (including phenoxy) is 1. The van der Waals surface area contributed by atoms with E-state index < -0.39 is 0 Å². The Morgan fingerprint density at radius 2 is 2.28 bits per heavy atom. The van der Waals surface area contributed by atoms with Gasteiger partial charge in [-0.25, -0.2) is 4.98 Å². The molecule has 1 aromatic heterocycles. The first-order valence-electron chi connectivity index (χ1n) is 5.63. The maximum Gasteiger partial charge on any atom is 0.213 e. The molecule has 3 heterocycles. The zero-order valence-corrected chi connectivity index (χ0v) is 9.83. The van der Waals surface area contributed by atoms with E-state index in [1.54, 1.807) is 19.4 Å². The average molecular weight is 241 g/mol. The molecule has 0 N–H and O–H groups in total. The monoisotopic (exact) mass is 241 g/mol. The van der Waals surface area contributed by atoms with Gasteiger partial charge in [-0.05, 0) is 6.07 Å². The van der Waals surface area contributed by atoms with Gasteiger partial charge in [-0.15, -0.1) is 0 Å². The Balaban J connectivity index is 2.03. The lowest BCUT2D eigenvalue weighted by atomic mass is 9.99. The molecule has 0 aromatic carbocycles. The van der Waals surface area contributed by atoms with E-state index in [4.69, 9.17) is 4.74 Å². The van der Waals surface area contributed by atoms with E-state index in [1.807, 2.05) is 12.1 Å². The van der Waals surface area contributed by atoms with Crippen LogP contribution >= 0.6 is 0 Å². The number of hydrogen-bond donors (Lipinski definition) is 0. The second-order valence-electron chi connectivity index (χ2n) is 4.03. The molecule has 0 fully saturated rings. The molecule has 5 nitrogen and oxygen atoms in total. The van der Waals surface area contributed by atoms with E-state index >= 15 is 0 Å². The fraction of sp³-hybridized carbons (Fsp3) is 0.231. The zero-order chi connectivity index (χ0) is 12.5. The highest BCUT2D eigenvalue weighted by atomic mass is 16.5. The van der Waals surface area contributed by atoms with Crippen molar-refractivity contribution in [2.45, 2.75) is 12.5 Å². The number of methoxy groups -OCH3 is 1. The third-order valence-electron chi connectivity index (χ3n) is 2.97. The van der Waals surface area contributed by atoms with E-state index in [9.17, 15) is 4.79 Å². The maximum atomic E-state index is 11.6. The van der Waals surface area contributed by atoms with Gasteiger partial charge in [0, 0.05) is 24.3 Å². The second-order valence-corrected chi connectivity index (χ2v) is 4.03. The van der Waals surface area contributed by atoms with Crippen LogP contribution in [0.25, 0.3) is 0 Å². The van der Waals surface area contributed by atoms with Gasteiger partial charge in [-0.3, -0.25) is 14.8 Å². The summed E-state index contributed by atoms with van der Waals surface area (Å²) in [4.78, 5) is 24.5. The van der Waals surface area contributed by atoms with Gasteiger partial charge in [-0.2, -0.15) is 0 Å². The van der Waals surface area contributed by atoms with Crippen molar-refractivity contribution in [2.24, 2.45) is 9.98 Å². The minimum absolute atomic E-state index is 0.0540. The quantitative estimate of drug-likeness (QED) is 0.788. The number of rotatable bonds is 2. The maximum absolute atomic E-state index is 11.6. The first-order chi connectivity index (χ1) is 8.79. The summed E-state index contributed by atoms with van der Waals surface area (Å²) in [6, 6.07) is 5.19. The Kier molecular flexibility index (Phi) is 2.51. The molecule has 0 amide bonds. The summed E-state index contributed by atoms with van der Waals surface area (Å²) in [5.74, 6) is 0.477. The molecule has 0 saturated carbocycles. The number of dihydropyridines is 1. The number of Topliss-reactive ketones (excluding diaryl/α,β-unsaturated/α-hetero) is 1. The Bertz CT molecular complexity index is 602. The highest BCUT2D eigenvalue weighted by molar-refractivity contribution is 6.37. The molecule has 0 aliphatic carbocycles. The minimum atomic E-state index is -0.299. The van der Waals surface area contributed by atoms with Crippen molar-refractivity contribution < 1.29 is 9.53 Å². The van der Waals surface area contributed by atoms with Gasteiger partial charge in [0.05, 0.1) is 24.7 Å². The summed E-state index contributed by atoms with van der Waals surface area (Å²) in [5.41, 5.74) is 2.17. The van der Waals surface area contributed by atoms with Crippen molar-refractivity contribution in [1.29, 1.82) is 0 Å². The lowest BCUT2D eigenvalue weighted by molar-refractivity contribution is -0.109. The predicted octanol–water partition coefficient (Wildman–Crippen LogP) is 1.51. The molecule has 1 unspecified atom stereocenters. The summed E-state index contributed by atoms with van der Waals surface area (Å²) in [7, 11) is 1.57. The molecule has 0 bridgehead atoms. The number of nitrogens with zero attached hydrogens (tertiary/aromatic N) is 3. The highest BCUT2D eigenvalue weighted by Gasteiger charge is 2.29. The van der Waals surface area contributed by atoms with Crippen LogP contribution in [0, 0.1) is 0 Å². The Morgan fingerprint density at radius 1 is 1.39 bits per heavy atom. The standard InChI is InChI=1S/C13H11N3O2/c1-18-11-4-2-3-9(16-11)13-12-8(5-6-14-12)10(17)7-15-13/h2-4,6-7,13H,5H2,1H3. The van der Waals surface area contributed by atoms with E-state index in [-0.39, 0.29) is 11.8 Å². The van der Waals surface area contributed by atoms with Crippen LogP contribution in [-0.4, -0.2) is 30.3 Å². The fourth-order valence-electron chi connectivity index (χ4n) is 2.08. The minimum Gasteiger partial charge on any atom is -0.481 e. The largest absolute Gasteiger partial charge is 0.481 e. The number of ketones is 1. The van der Waals surface area contributed by atoms with Crippen LogP contribution in [0.1, 0.15) is 18.2 Å². The average Bonchev–Trinajstić information content (AvgIpc) is 2.89. The molecular formula is C13H11N3O2. The van der Waals surface area contributed by atoms with E-state index in [2.05, 4.69) is 15.0 Å². The molecule has 3 rings (SSSR count). The van der Waals surface area contributed by atoms with E-state index in [0.717, 1.165) is 11.3 Å². The normalized spacial score (nSPS) is 21.4. The van der Waals surface area contributed by atoms with Crippen molar-refractivity contribution in [3.63, 3.8) is 0 Å². The van der Waals surface area contributed by atoms with E-state index in [1.165, 1.54) is 6.21 Å². The number of carbonyl (C=O) groups excluding carboxylic acids is 1. The first kappa shape index (κ1) is 10.8. The summed E-state index contributed by atoms with van der Waals surface area (Å²) < 4.78 is 5.09. The molecule has 0 radical (unpaired) electrons. The smallest absolute Gasteiger partial charge is 0.213 e. The van der Waals surface area contributed by atoms with Gasteiger partial charge >= 0.3 is 0 Å². The SMILES string of the molecule is COc1cccc(C2N=CC(=O)C3=C2N=CC3)n1. The lowest BCUT2D eigenvalue weighted by Crippen LogP contribution is -2.15. The number of allylic oxidation sites excluding steroid dienone is 1. The van der Waals surface area contributed by atoms with Gasteiger partial charge in [0.1, 0.15) is 6.04 Å². The zero-order valence-electron chi connectivity index (χ0n) is 9.83. The van der Waals surface area contributed by atoms with Crippen LogP contribution in [0.3, 0.4) is 0 Å². The summed E-state index contributed by atoms with van der Waals surface area (Å²) >= 11 is 0. The fourth-order valence-corrected chi connectivity index (χ4v) is 2.08. The Labute approximate surface area is 104 Å². The number of carbonyl (C=O) groups is 1. The molecule has 90 valence electrons. The molecule has 1 atom stereocenters. The molecule has 0 saturated heterocycles. The third kappa shape index (κ3) is 1.64. The van der Waals surface area contributed by atoms with E-state index in [0.29, 0.717) is 18.0 Å². The van der Waals surface area contributed by atoms with Crippen LogP contribution in [-0.2, 0) is 4.79 Å². The molecule has 5 heteroatoms. The second kappa shape index (κ2) is 4.18. The van der Waals surface area contributed by atoms with Crippen molar-refractivity contribution in [3.05, 3.63) is 35.2 Å². The van der Waals surface area contributed by atoms with Crippen molar-refractivity contribution in [3.8, 4) is 5.88 Å². The van der Waals surface area contributed by atoms with Gasteiger partial charge in [0.15, 0.2) is 0 Å². The molecule has 2 aliphatic rings. The number of aromatic nitrogens is 1. The van der Waals surface area contributed by atoms with Crippen LogP contribution < -0.4 is 4.74 Å². The van der Waals surface area contributed by atoms with Crippen LogP contribution in [0.2, 0.25) is 0 Å². The summed E-state index contributed by atoms with van der Waals surface area (Å²) in [5, 5.41) is 0. The van der Waals surface area contributed by atoms with Crippen LogP contribution in [0.15, 0.2) is 39.5 Å². The Morgan fingerprint density at radius 3 is 3.11 bits per heavy atom. The molecular weight excluding hydrogens is 230 g/mol. The highest BCUT2D eigenvalue weighted by Crippen LogP contribution is 2.34. The van der Waals surface area contributed by atoms with Gasteiger partial charge in [-0.1, -0.05) is 6.07 Å². The third-order valence-corrected chi connectivity index (χ3v) is 2.97. The number of pyridine rings is 1. The molecule has 18 heavy (non-hydrogen) atoms. The predicted molar refractivity (Wildman–Crippen MR) is 67.2 cm³/mol. The van der Waals surface area contributed by atoms with Gasteiger partial charge in [0.25, 0.3) is 0 Å². The Hall–Kier alpha value is -2.30. The summed E-state index contributed by atoms with van der Waals surface area (Å²) in [6.45, 7) is 0. The van der Waals surface area contributed by atoms with Gasteiger partial charge in [0.2, 0.25) is 11.7 Å². The molecule has 1 aromatic rings. The summed E-state index contributed by atoms with van der Waals surface area (Å²) in [6.07, 6.45) is 3.68. The van der Waals surface area contributed by atoms with Crippen LogP contribution in [0.4, 0.5) is 0 Å². The molecule has 0 spiro atoms. The lowest BCUT2D eigenvalue weighted by Gasteiger charge is -2.16. The van der Waals surface area contributed by atoms with Gasteiger partial charge < -0.3 is 4.74 Å². The number of hydrogen-bond acceptors (Lipinski definition) is 5. The number of aliphatic imine (C=N–C) groups is 2. The topological polar surface area (TPSA) is 63.9 Å².